The Bertz CT molecular complexity index is 1040. The maximum absolute atomic E-state index is 13.2. The lowest BCUT2D eigenvalue weighted by Crippen LogP contribution is -2.62. The summed E-state index contributed by atoms with van der Waals surface area (Å²) in [6.45, 7) is 3.29. The molecule has 3 aromatic rings. The summed E-state index contributed by atoms with van der Waals surface area (Å²) < 4.78 is 6.15. The third-order valence-corrected chi connectivity index (χ3v) is 6.14. The van der Waals surface area contributed by atoms with Gasteiger partial charge in [-0.25, -0.2) is 0 Å². The molecule has 0 radical (unpaired) electrons. The van der Waals surface area contributed by atoms with E-state index in [9.17, 15) is 9.59 Å². The number of rotatable bonds is 6. The third-order valence-electron chi connectivity index (χ3n) is 5.46. The minimum Gasteiger partial charge on any atom is -0.361 e. The number of likely N-dealkylation sites (N-methyl/N-ethyl adjacent to an activating group) is 1. The SMILES string of the molecule is CCNC(=O)C1(Cc2ccccc2-c2ccsc2)CN(C(=O)c2cccnc2)CCO1. The number of carbonyl (C=O) groups excluding carboxylic acids is 2. The van der Waals surface area contributed by atoms with E-state index in [1.54, 1.807) is 40.8 Å². The van der Waals surface area contributed by atoms with E-state index in [0.29, 0.717) is 31.7 Å². The van der Waals surface area contributed by atoms with E-state index in [1.807, 2.05) is 30.5 Å². The number of pyridine rings is 1. The Balaban J connectivity index is 1.67. The van der Waals surface area contributed by atoms with E-state index in [2.05, 4.69) is 27.8 Å². The summed E-state index contributed by atoms with van der Waals surface area (Å²) in [6, 6.07) is 13.6. The molecule has 1 atom stereocenters. The Kier molecular flexibility index (Phi) is 6.44. The number of carbonyl (C=O) groups is 2. The lowest BCUT2D eigenvalue weighted by Gasteiger charge is -2.42. The lowest BCUT2D eigenvalue weighted by molar-refractivity contribution is -0.157. The van der Waals surface area contributed by atoms with Gasteiger partial charge in [-0.15, -0.1) is 0 Å². The predicted octanol–water partition coefficient (Wildman–Crippen LogP) is 3.40. The van der Waals surface area contributed by atoms with Gasteiger partial charge in [-0.3, -0.25) is 14.6 Å². The summed E-state index contributed by atoms with van der Waals surface area (Å²) in [5, 5.41) is 7.05. The number of hydrogen-bond acceptors (Lipinski definition) is 5. The van der Waals surface area contributed by atoms with Gasteiger partial charge >= 0.3 is 0 Å². The number of ether oxygens (including phenoxy) is 1. The molecule has 0 saturated carbocycles. The summed E-state index contributed by atoms with van der Waals surface area (Å²) in [4.78, 5) is 32.1. The van der Waals surface area contributed by atoms with Crippen molar-refractivity contribution >= 4 is 23.2 Å². The van der Waals surface area contributed by atoms with Crippen LogP contribution in [0.5, 0.6) is 0 Å². The lowest BCUT2D eigenvalue weighted by atomic mass is 9.87. The van der Waals surface area contributed by atoms with Crippen molar-refractivity contribution in [1.82, 2.24) is 15.2 Å². The molecule has 0 spiro atoms. The number of hydrogen-bond donors (Lipinski definition) is 1. The summed E-state index contributed by atoms with van der Waals surface area (Å²) in [6.07, 6.45) is 3.57. The molecule has 1 aliphatic heterocycles. The van der Waals surface area contributed by atoms with Gasteiger partial charge in [-0.05, 0) is 52.6 Å². The van der Waals surface area contributed by atoms with E-state index in [-0.39, 0.29) is 18.4 Å². The number of morpholine rings is 1. The van der Waals surface area contributed by atoms with Crippen molar-refractivity contribution < 1.29 is 14.3 Å². The fourth-order valence-electron chi connectivity index (χ4n) is 3.96. The first kappa shape index (κ1) is 21.2. The molecule has 1 saturated heterocycles. The quantitative estimate of drug-likeness (QED) is 0.644. The Morgan fingerprint density at radius 2 is 2.10 bits per heavy atom. The maximum atomic E-state index is 13.2. The van der Waals surface area contributed by atoms with Crippen LogP contribution in [0.1, 0.15) is 22.8 Å². The van der Waals surface area contributed by atoms with Gasteiger partial charge in [-0.1, -0.05) is 24.3 Å². The van der Waals surface area contributed by atoms with Gasteiger partial charge in [0.1, 0.15) is 0 Å². The second-order valence-corrected chi connectivity index (χ2v) is 8.30. The smallest absolute Gasteiger partial charge is 0.255 e. The van der Waals surface area contributed by atoms with E-state index >= 15 is 0 Å². The summed E-state index contributed by atoms with van der Waals surface area (Å²) in [5.74, 6) is -0.338. The highest BCUT2D eigenvalue weighted by atomic mass is 32.1. The van der Waals surface area contributed by atoms with Crippen molar-refractivity contribution in [3.05, 3.63) is 76.7 Å². The molecule has 1 N–H and O–H groups in total. The predicted molar refractivity (Wildman–Crippen MR) is 121 cm³/mol. The topological polar surface area (TPSA) is 71.5 Å². The Labute approximate surface area is 185 Å². The number of nitrogens with one attached hydrogen (secondary N) is 1. The molecule has 1 aromatic carbocycles. The zero-order valence-electron chi connectivity index (χ0n) is 17.4. The molecule has 6 nitrogen and oxygen atoms in total. The standard InChI is InChI=1S/C24H25N3O3S/c1-2-26-23(29)24(14-18-6-3-4-8-21(18)20-9-13-31-16-20)17-27(11-12-30-24)22(28)19-7-5-10-25-15-19/h3-10,13,15-16H,2,11-12,14,17H2,1H3,(H,26,29). The highest BCUT2D eigenvalue weighted by Crippen LogP contribution is 2.31. The molecule has 31 heavy (non-hydrogen) atoms. The number of nitrogens with zero attached hydrogens (tertiary/aromatic N) is 2. The monoisotopic (exact) mass is 435 g/mol. The molecule has 2 amide bonds. The van der Waals surface area contributed by atoms with Gasteiger partial charge < -0.3 is 15.0 Å². The molecule has 3 heterocycles. The van der Waals surface area contributed by atoms with Gasteiger partial charge in [0.15, 0.2) is 5.60 Å². The van der Waals surface area contributed by atoms with Crippen molar-refractivity contribution in [2.75, 3.05) is 26.2 Å². The Hall–Kier alpha value is -3.03. The normalized spacial score (nSPS) is 18.5. The van der Waals surface area contributed by atoms with Crippen LogP contribution in [0.15, 0.2) is 65.6 Å². The number of aromatic nitrogens is 1. The van der Waals surface area contributed by atoms with Crippen LogP contribution in [-0.4, -0.2) is 53.5 Å². The van der Waals surface area contributed by atoms with Crippen LogP contribution in [-0.2, 0) is 16.0 Å². The van der Waals surface area contributed by atoms with Crippen LogP contribution in [0.4, 0.5) is 0 Å². The van der Waals surface area contributed by atoms with Crippen LogP contribution < -0.4 is 5.32 Å². The van der Waals surface area contributed by atoms with Crippen molar-refractivity contribution in [2.24, 2.45) is 0 Å². The third kappa shape index (κ3) is 4.52. The van der Waals surface area contributed by atoms with Gasteiger partial charge in [-0.2, -0.15) is 11.3 Å². The highest BCUT2D eigenvalue weighted by molar-refractivity contribution is 7.08. The summed E-state index contributed by atoms with van der Waals surface area (Å²) >= 11 is 1.64. The fourth-order valence-corrected chi connectivity index (χ4v) is 4.61. The van der Waals surface area contributed by atoms with Crippen LogP contribution in [0.25, 0.3) is 11.1 Å². The molecule has 0 bridgehead atoms. The largest absolute Gasteiger partial charge is 0.361 e. The van der Waals surface area contributed by atoms with Crippen molar-refractivity contribution in [3.63, 3.8) is 0 Å². The van der Waals surface area contributed by atoms with Gasteiger partial charge in [0.05, 0.1) is 18.7 Å². The van der Waals surface area contributed by atoms with E-state index < -0.39 is 5.60 Å². The van der Waals surface area contributed by atoms with E-state index in [4.69, 9.17) is 4.74 Å². The summed E-state index contributed by atoms with van der Waals surface area (Å²) in [5.41, 5.74) is 2.56. The molecule has 1 unspecified atom stereocenters. The highest BCUT2D eigenvalue weighted by Gasteiger charge is 2.45. The van der Waals surface area contributed by atoms with Crippen LogP contribution >= 0.6 is 11.3 Å². The first-order valence-electron chi connectivity index (χ1n) is 10.3. The number of thiophene rings is 1. The van der Waals surface area contributed by atoms with Crippen LogP contribution in [0.3, 0.4) is 0 Å². The minimum atomic E-state index is -1.15. The zero-order valence-corrected chi connectivity index (χ0v) is 18.2. The Morgan fingerprint density at radius 3 is 2.84 bits per heavy atom. The second kappa shape index (κ2) is 9.41. The molecule has 0 aliphatic carbocycles. The van der Waals surface area contributed by atoms with Gasteiger partial charge in [0.2, 0.25) is 0 Å². The fraction of sp³-hybridized carbons (Fsp3) is 0.292. The number of amides is 2. The molecule has 4 rings (SSSR count). The van der Waals surface area contributed by atoms with Gasteiger partial charge in [0, 0.05) is 31.9 Å². The molecule has 7 heteroatoms. The van der Waals surface area contributed by atoms with Gasteiger partial charge in [0.25, 0.3) is 11.8 Å². The van der Waals surface area contributed by atoms with Crippen molar-refractivity contribution in [1.29, 1.82) is 0 Å². The minimum absolute atomic E-state index is 0.142. The molecule has 1 aliphatic rings. The molecule has 2 aromatic heterocycles. The first-order chi connectivity index (χ1) is 15.1. The molecular weight excluding hydrogens is 410 g/mol. The first-order valence-corrected chi connectivity index (χ1v) is 11.3. The van der Waals surface area contributed by atoms with Crippen molar-refractivity contribution in [3.8, 4) is 11.1 Å². The van der Waals surface area contributed by atoms with Crippen LogP contribution in [0.2, 0.25) is 0 Å². The molecule has 160 valence electrons. The average molecular weight is 436 g/mol. The average Bonchev–Trinajstić information content (AvgIpc) is 3.35. The number of benzene rings is 1. The molecular formula is C24H25N3O3S. The maximum Gasteiger partial charge on any atom is 0.255 e. The Morgan fingerprint density at radius 1 is 1.23 bits per heavy atom. The molecule has 1 fully saturated rings. The van der Waals surface area contributed by atoms with Crippen molar-refractivity contribution in [2.45, 2.75) is 18.9 Å². The van der Waals surface area contributed by atoms with E-state index in [0.717, 1.165) is 16.7 Å². The van der Waals surface area contributed by atoms with Crippen LogP contribution in [0, 0.1) is 0 Å². The second-order valence-electron chi connectivity index (χ2n) is 7.52. The van der Waals surface area contributed by atoms with E-state index in [1.165, 1.54) is 0 Å². The zero-order chi connectivity index (χ0) is 21.7. The summed E-state index contributed by atoms with van der Waals surface area (Å²) in [7, 11) is 0.